The van der Waals surface area contributed by atoms with Gasteiger partial charge in [0.1, 0.15) is 11.3 Å². The molecule has 25 heavy (non-hydrogen) atoms. The van der Waals surface area contributed by atoms with E-state index in [1.807, 2.05) is 17.0 Å². The van der Waals surface area contributed by atoms with Crippen molar-refractivity contribution >= 4 is 22.6 Å². The van der Waals surface area contributed by atoms with Crippen LogP contribution in [0.1, 0.15) is 43.0 Å². The van der Waals surface area contributed by atoms with Gasteiger partial charge in [0.25, 0.3) is 5.91 Å². The Morgan fingerprint density at radius 1 is 1.20 bits per heavy atom. The van der Waals surface area contributed by atoms with Crippen LogP contribution in [0.15, 0.2) is 36.4 Å². The molecule has 1 aliphatic rings. The lowest BCUT2D eigenvalue weighted by Gasteiger charge is -2.35. The Morgan fingerprint density at radius 2 is 2.00 bits per heavy atom. The fourth-order valence-electron chi connectivity index (χ4n) is 3.46. The smallest absolute Gasteiger partial charge is 0.342 e. The quantitative estimate of drug-likeness (QED) is 0.865. The molecule has 5 nitrogen and oxygen atoms in total. The highest BCUT2D eigenvalue weighted by Crippen LogP contribution is 2.29. The molecule has 3 rings (SSSR count). The number of fused-ring (bicyclic) bond motifs is 1. The van der Waals surface area contributed by atoms with Crippen LogP contribution < -0.4 is 0 Å². The largest absolute Gasteiger partial charge is 0.506 e. The van der Waals surface area contributed by atoms with Gasteiger partial charge in [0.2, 0.25) is 0 Å². The maximum absolute atomic E-state index is 12.4. The van der Waals surface area contributed by atoms with Crippen LogP contribution in [-0.2, 0) is 9.53 Å². The lowest BCUT2D eigenvalue weighted by molar-refractivity contribution is -0.138. The lowest BCUT2D eigenvalue weighted by atomic mass is 10.00. The van der Waals surface area contributed by atoms with Gasteiger partial charge in [0.05, 0.1) is 0 Å². The molecule has 132 valence electrons. The number of benzene rings is 2. The van der Waals surface area contributed by atoms with E-state index in [0.717, 1.165) is 37.6 Å². The Morgan fingerprint density at radius 3 is 2.80 bits per heavy atom. The van der Waals surface area contributed by atoms with E-state index in [0.29, 0.717) is 5.39 Å². The number of aromatic hydroxyl groups is 1. The van der Waals surface area contributed by atoms with E-state index < -0.39 is 5.97 Å². The van der Waals surface area contributed by atoms with Gasteiger partial charge in [-0.25, -0.2) is 4.79 Å². The normalized spacial score (nSPS) is 17.5. The standard InChI is InChI=1S/C20H23NO4/c1-2-15-8-5-6-12-21(15)18(22)13-25-20(24)17-11-10-14-7-3-4-9-16(14)19(17)23/h3-4,7,9-11,15,23H,2,5-6,8,12-13H2,1H3/t15-/m0/s1. The second-order valence-electron chi connectivity index (χ2n) is 6.40. The summed E-state index contributed by atoms with van der Waals surface area (Å²) in [6.07, 6.45) is 4.03. The van der Waals surface area contributed by atoms with Crippen LogP contribution in [0, 0.1) is 0 Å². The number of ether oxygens (including phenoxy) is 1. The third kappa shape index (κ3) is 3.60. The molecule has 1 aliphatic heterocycles. The highest BCUT2D eigenvalue weighted by molar-refractivity contribution is 6.01. The maximum atomic E-state index is 12.4. The molecular formula is C20H23NO4. The molecule has 0 aliphatic carbocycles. The molecule has 1 atom stereocenters. The molecule has 1 N–H and O–H groups in total. The minimum Gasteiger partial charge on any atom is -0.506 e. The summed E-state index contributed by atoms with van der Waals surface area (Å²) >= 11 is 0. The van der Waals surface area contributed by atoms with Crippen molar-refractivity contribution in [3.05, 3.63) is 42.0 Å². The molecule has 1 amide bonds. The van der Waals surface area contributed by atoms with Crippen molar-refractivity contribution in [2.45, 2.75) is 38.6 Å². The van der Waals surface area contributed by atoms with Crippen molar-refractivity contribution in [2.75, 3.05) is 13.2 Å². The number of hydrogen-bond acceptors (Lipinski definition) is 4. The van der Waals surface area contributed by atoms with Gasteiger partial charge in [-0.15, -0.1) is 0 Å². The number of hydrogen-bond donors (Lipinski definition) is 1. The summed E-state index contributed by atoms with van der Waals surface area (Å²) in [5.41, 5.74) is 0.0807. The van der Waals surface area contributed by atoms with Crippen molar-refractivity contribution < 1.29 is 19.4 Å². The SMILES string of the molecule is CC[C@H]1CCCCN1C(=O)COC(=O)c1ccc2ccccc2c1O. The fourth-order valence-corrected chi connectivity index (χ4v) is 3.46. The Kier molecular flexibility index (Phi) is 5.22. The molecular weight excluding hydrogens is 318 g/mol. The molecule has 1 fully saturated rings. The number of phenols is 1. The van der Waals surface area contributed by atoms with E-state index in [1.165, 1.54) is 6.07 Å². The van der Waals surface area contributed by atoms with Gasteiger partial charge in [-0.3, -0.25) is 4.79 Å². The lowest BCUT2D eigenvalue weighted by Crippen LogP contribution is -2.45. The molecule has 5 heteroatoms. The molecule has 0 radical (unpaired) electrons. The highest BCUT2D eigenvalue weighted by atomic mass is 16.5. The number of esters is 1. The van der Waals surface area contributed by atoms with Crippen LogP contribution in [-0.4, -0.2) is 41.1 Å². The Hall–Kier alpha value is -2.56. The summed E-state index contributed by atoms with van der Waals surface area (Å²) in [4.78, 5) is 26.5. The predicted octanol–water partition coefficient (Wildman–Crippen LogP) is 3.49. The van der Waals surface area contributed by atoms with Crippen molar-refractivity contribution in [2.24, 2.45) is 0 Å². The third-order valence-corrected chi connectivity index (χ3v) is 4.87. The third-order valence-electron chi connectivity index (χ3n) is 4.87. The zero-order chi connectivity index (χ0) is 17.8. The summed E-state index contributed by atoms with van der Waals surface area (Å²) in [5, 5.41) is 11.7. The molecule has 0 aromatic heterocycles. The summed E-state index contributed by atoms with van der Waals surface area (Å²) in [7, 11) is 0. The Bertz CT molecular complexity index is 786. The summed E-state index contributed by atoms with van der Waals surface area (Å²) in [5.74, 6) is -0.957. The van der Waals surface area contributed by atoms with Crippen molar-refractivity contribution in [3.8, 4) is 5.75 Å². The highest BCUT2D eigenvalue weighted by Gasteiger charge is 2.26. The number of rotatable bonds is 4. The predicted molar refractivity (Wildman–Crippen MR) is 95.5 cm³/mol. The van der Waals surface area contributed by atoms with Gasteiger partial charge in [-0.05, 0) is 37.1 Å². The average molecular weight is 341 g/mol. The molecule has 0 saturated carbocycles. The number of carbonyl (C=O) groups excluding carboxylic acids is 2. The van der Waals surface area contributed by atoms with Gasteiger partial charge < -0.3 is 14.7 Å². The maximum Gasteiger partial charge on any atom is 0.342 e. The van der Waals surface area contributed by atoms with E-state index in [9.17, 15) is 14.7 Å². The summed E-state index contributed by atoms with van der Waals surface area (Å²) < 4.78 is 5.18. The number of likely N-dealkylation sites (tertiary alicyclic amines) is 1. The second-order valence-corrected chi connectivity index (χ2v) is 6.40. The first-order chi connectivity index (χ1) is 12.1. The molecule has 0 bridgehead atoms. The molecule has 0 unspecified atom stereocenters. The first-order valence-corrected chi connectivity index (χ1v) is 8.79. The number of phenolic OH excluding ortho intramolecular Hbond substituents is 1. The molecule has 2 aromatic carbocycles. The van der Waals surface area contributed by atoms with Crippen molar-refractivity contribution in [3.63, 3.8) is 0 Å². The zero-order valence-electron chi connectivity index (χ0n) is 14.4. The van der Waals surface area contributed by atoms with Crippen LogP contribution in [0.2, 0.25) is 0 Å². The number of amides is 1. The fraction of sp³-hybridized carbons (Fsp3) is 0.400. The summed E-state index contributed by atoms with van der Waals surface area (Å²) in [6.45, 7) is 2.49. The van der Waals surface area contributed by atoms with E-state index >= 15 is 0 Å². The van der Waals surface area contributed by atoms with Gasteiger partial charge in [-0.2, -0.15) is 0 Å². The van der Waals surface area contributed by atoms with Crippen LogP contribution >= 0.6 is 0 Å². The molecule has 0 spiro atoms. The van der Waals surface area contributed by atoms with E-state index in [4.69, 9.17) is 4.74 Å². The average Bonchev–Trinajstić information content (AvgIpc) is 2.66. The van der Waals surface area contributed by atoms with E-state index in [-0.39, 0.29) is 29.9 Å². The number of nitrogens with zero attached hydrogens (tertiary/aromatic N) is 1. The van der Waals surface area contributed by atoms with E-state index in [2.05, 4.69) is 6.92 Å². The molecule has 2 aromatic rings. The Balaban J connectivity index is 1.68. The number of piperidine rings is 1. The van der Waals surface area contributed by atoms with Crippen LogP contribution in [0.25, 0.3) is 10.8 Å². The van der Waals surface area contributed by atoms with E-state index in [1.54, 1.807) is 18.2 Å². The second kappa shape index (κ2) is 7.55. The van der Waals surface area contributed by atoms with Gasteiger partial charge >= 0.3 is 5.97 Å². The van der Waals surface area contributed by atoms with Crippen molar-refractivity contribution in [1.29, 1.82) is 0 Å². The molecule has 1 saturated heterocycles. The first kappa shape index (κ1) is 17.3. The Labute approximate surface area is 147 Å². The van der Waals surface area contributed by atoms with Crippen molar-refractivity contribution in [1.82, 2.24) is 4.90 Å². The number of carbonyl (C=O) groups is 2. The zero-order valence-corrected chi connectivity index (χ0v) is 14.4. The van der Waals surface area contributed by atoms with Crippen LogP contribution in [0.4, 0.5) is 0 Å². The first-order valence-electron chi connectivity index (χ1n) is 8.79. The van der Waals surface area contributed by atoms with Crippen LogP contribution in [0.3, 0.4) is 0 Å². The summed E-state index contributed by atoms with van der Waals surface area (Å²) in [6, 6.07) is 10.8. The monoisotopic (exact) mass is 341 g/mol. The topological polar surface area (TPSA) is 66.8 Å². The van der Waals surface area contributed by atoms with Gasteiger partial charge in [0.15, 0.2) is 6.61 Å². The van der Waals surface area contributed by atoms with Crippen LogP contribution in [0.5, 0.6) is 5.75 Å². The van der Waals surface area contributed by atoms with Gasteiger partial charge in [0, 0.05) is 18.0 Å². The minimum atomic E-state index is -0.679. The molecule has 1 heterocycles. The van der Waals surface area contributed by atoms with Gasteiger partial charge in [-0.1, -0.05) is 37.3 Å². The minimum absolute atomic E-state index is 0.0807.